The molecule has 1 saturated heterocycles. The van der Waals surface area contributed by atoms with Gasteiger partial charge in [0.15, 0.2) is 12.2 Å². The van der Waals surface area contributed by atoms with Crippen LogP contribution in [0.3, 0.4) is 0 Å². The van der Waals surface area contributed by atoms with E-state index < -0.39 is 28.4 Å². The molecular formula is C28H34ClN2O6S+. The number of amides is 2. The van der Waals surface area contributed by atoms with Crippen molar-refractivity contribution < 1.29 is 33.0 Å². The van der Waals surface area contributed by atoms with E-state index in [1.54, 1.807) is 55.5 Å². The Labute approximate surface area is 231 Å². The van der Waals surface area contributed by atoms with Crippen LogP contribution >= 0.6 is 11.6 Å². The Hall–Kier alpha value is -2.72. The second-order valence-corrected chi connectivity index (χ2v) is 11.5. The Morgan fingerprint density at radius 3 is 2.26 bits per heavy atom. The van der Waals surface area contributed by atoms with Crippen molar-refractivity contribution in [1.82, 2.24) is 0 Å². The number of rotatable bonds is 15. The van der Waals surface area contributed by atoms with Crippen LogP contribution in [0.15, 0.2) is 48.5 Å². The van der Waals surface area contributed by atoms with Crippen molar-refractivity contribution in [1.29, 1.82) is 0 Å². The fourth-order valence-electron chi connectivity index (χ4n) is 4.68. The summed E-state index contributed by atoms with van der Waals surface area (Å²) < 4.78 is 18.3. The molecule has 38 heavy (non-hydrogen) atoms. The standard InChI is InChI=1S/C28H33ClN2O6S/c1-2-37-28(35)22-9-7-20(8-10-22)19-38(36)27-18-26(34)31(27,17-15-25(30)33)16-5-3-4-6-24(32)21-11-13-23(29)14-12-21/h7-14,27H,2-6,15-19H2,1H3,(H-,30,33)/p+1. The van der Waals surface area contributed by atoms with E-state index in [-0.39, 0.29) is 47.9 Å². The summed E-state index contributed by atoms with van der Waals surface area (Å²) in [5.74, 6) is -0.698. The van der Waals surface area contributed by atoms with Gasteiger partial charge < -0.3 is 15.0 Å². The molecule has 2 N–H and O–H groups in total. The molecule has 8 nitrogen and oxygen atoms in total. The third kappa shape index (κ3) is 7.66. The van der Waals surface area contributed by atoms with Crippen LogP contribution in [0.25, 0.3) is 0 Å². The summed E-state index contributed by atoms with van der Waals surface area (Å²) in [4.78, 5) is 48.7. The maximum Gasteiger partial charge on any atom is 0.338 e. The van der Waals surface area contributed by atoms with E-state index in [0.29, 0.717) is 42.0 Å². The van der Waals surface area contributed by atoms with Crippen LogP contribution in [0, 0.1) is 0 Å². The van der Waals surface area contributed by atoms with Crippen LogP contribution in [0.2, 0.25) is 5.02 Å². The molecular weight excluding hydrogens is 528 g/mol. The Bertz CT molecular complexity index is 1140. The fourth-order valence-corrected chi connectivity index (χ4v) is 6.63. The molecule has 0 radical (unpaired) electrons. The van der Waals surface area contributed by atoms with Gasteiger partial charge in [-0.25, -0.2) is 14.1 Å². The lowest BCUT2D eigenvalue weighted by atomic mass is 10.0. The Morgan fingerprint density at radius 1 is 1.00 bits per heavy atom. The second kappa shape index (κ2) is 13.9. The van der Waals surface area contributed by atoms with Gasteiger partial charge in [0.2, 0.25) is 5.91 Å². The first kappa shape index (κ1) is 29.8. The number of ketones is 1. The smallest absolute Gasteiger partial charge is 0.338 e. The Kier molecular flexibility index (Phi) is 10.9. The molecule has 1 heterocycles. The molecule has 3 atom stereocenters. The van der Waals surface area contributed by atoms with Crippen LogP contribution in [0.4, 0.5) is 0 Å². The monoisotopic (exact) mass is 561 g/mol. The highest BCUT2D eigenvalue weighted by Crippen LogP contribution is 2.37. The summed E-state index contributed by atoms with van der Waals surface area (Å²) in [6.07, 6.45) is 2.63. The van der Waals surface area contributed by atoms with Crippen LogP contribution in [-0.4, -0.2) is 57.7 Å². The van der Waals surface area contributed by atoms with E-state index in [0.717, 1.165) is 12.0 Å². The van der Waals surface area contributed by atoms with Crippen molar-refractivity contribution in [2.24, 2.45) is 5.73 Å². The van der Waals surface area contributed by atoms with Crippen molar-refractivity contribution in [3.63, 3.8) is 0 Å². The van der Waals surface area contributed by atoms with Gasteiger partial charge in [-0.1, -0.05) is 23.7 Å². The highest BCUT2D eigenvalue weighted by atomic mass is 35.5. The number of likely N-dealkylation sites (tertiary alicyclic amines) is 1. The van der Waals surface area contributed by atoms with E-state index in [4.69, 9.17) is 22.1 Å². The molecule has 1 fully saturated rings. The highest BCUT2D eigenvalue weighted by Gasteiger charge is 2.61. The zero-order chi connectivity index (χ0) is 27.7. The van der Waals surface area contributed by atoms with Gasteiger partial charge in [-0.15, -0.1) is 0 Å². The van der Waals surface area contributed by atoms with E-state index in [2.05, 4.69) is 0 Å². The van der Waals surface area contributed by atoms with Gasteiger partial charge in [0.25, 0.3) is 5.37 Å². The maximum atomic E-state index is 13.4. The molecule has 3 unspecified atom stereocenters. The van der Waals surface area contributed by atoms with Crippen molar-refractivity contribution in [2.75, 3.05) is 19.7 Å². The SMILES string of the molecule is CCOC(=O)c1ccc(C[S+]([O-])C2CC(=O)[N+]2(CCCCCC(=O)c2ccc(Cl)cc2)CCC(N)=O)cc1. The lowest BCUT2D eigenvalue weighted by Gasteiger charge is -2.48. The summed E-state index contributed by atoms with van der Waals surface area (Å²) in [6.45, 7) is 2.68. The van der Waals surface area contributed by atoms with Gasteiger partial charge in [0.05, 0.1) is 31.7 Å². The number of Topliss-reactive ketones (excluding diaryl/α,β-unsaturated/α-hetero) is 1. The molecule has 1 aliphatic rings. The van der Waals surface area contributed by atoms with Gasteiger partial charge in [-0.05, 0) is 62.6 Å². The molecule has 2 aromatic carbocycles. The fraction of sp³-hybridized carbons (Fsp3) is 0.429. The number of ether oxygens (including phenoxy) is 1. The van der Waals surface area contributed by atoms with Crippen molar-refractivity contribution in [2.45, 2.75) is 56.6 Å². The topological polar surface area (TPSA) is 127 Å². The van der Waals surface area contributed by atoms with Gasteiger partial charge in [-0.3, -0.25) is 9.59 Å². The summed E-state index contributed by atoms with van der Waals surface area (Å²) >= 11 is 4.50. The number of hydrogen-bond donors (Lipinski definition) is 1. The van der Waals surface area contributed by atoms with Crippen molar-refractivity contribution in [3.8, 4) is 0 Å². The molecule has 0 bridgehead atoms. The number of halogens is 1. The normalized spacial score (nSPS) is 19.4. The summed E-state index contributed by atoms with van der Waals surface area (Å²) in [5.41, 5.74) is 7.20. The first-order chi connectivity index (χ1) is 18.2. The molecule has 0 spiro atoms. The number of nitrogens with zero attached hydrogens (tertiary/aromatic N) is 1. The number of benzene rings is 2. The van der Waals surface area contributed by atoms with Gasteiger partial charge in [0.1, 0.15) is 5.75 Å². The summed E-state index contributed by atoms with van der Waals surface area (Å²) in [7, 11) is 0. The third-order valence-electron chi connectivity index (χ3n) is 6.86. The summed E-state index contributed by atoms with van der Waals surface area (Å²) in [5, 5.41) is 0.147. The number of unbranched alkanes of at least 4 members (excludes halogenated alkanes) is 2. The molecule has 2 amide bonds. The van der Waals surface area contributed by atoms with Crippen molar-refractivity contribution in [3.05, 3.63) is 70.2 Å². The zero-order valence-electron chi connectivity index (χ0n) is 21.5. The quantitative estimate of drug-likeness (QED) is 0.0868. The van der Waals surface area contributed by atoms with Crippen LogP contribution in [0.5, 0.6) is 0 Å². The maximum absolute atomic E-state index is 13.4. The van der Waals surface area contributed by atoms with E-state index in [9.17, 15) is 23.7 Å². The predicted molar refractivity (Wildman–Crippen MR) is 146 cm³/mol. The third-order valence-corrected chi connectivity index (χ3v) is 8.91. The van der Waals surface area contributed by atoms with E-state index in [1.165, 1.54) is 0 Å². The molecule has 3 rings (SSSR count). The minimum Gasteiger partial charge on any atom is -0.611 e. The number of carbonyl (C=O) groups excluding carboxylic acids is 4. The minimum absolute atomic E-state index is 0.0262. The van der Waals surface area contributed by atoms with Gasteiger partial charge >= 0.3 is 11.9 Å². The zero-order valence-corrected chi connectivity index (χ0v) is 23.1. The predicted octanol–water partition coefficient (Wildman–Crippen LogP) is 4.16. The largest absolute Gasteiger partial charge is 0.611 e. The van der Waals surface area contributed by atoms with Crippen LogP contribution in [-0.2, 0) is 31.3 Å². The molecule has 0 aromatic heterocycles. The molecule has 2 aromatic rings. The van der Waals surface area contributed by atoms with Crippen molar-refractivity contribution >= 4 is 46.3 Å². The molecule has 10 heteroatoms. The molecule has 0 saturated carbocycles. The minimum atomic E-state index is -1.38. The Morgan fingerprint density at radius 2 is 1.66 bits per heavy atom. The number of primary amides is 1. The number of β-lactam (4-membered cyclic amide) rings is 1. The first-order valence-corrected chi connectivity index (χ1v) is 14.5. The van der Waals surface area contributed by atoms with Gasteiger partial charge in [0, 0.05) is 33.7 Å². The molecule has 0 aliphatic carbocycles. The van der Waals surface area contributed by atoms with Gasteiger partial charge in [-0.2, -0.15) is 0 Å². The number of quaternary nitrogens is 1. The molecule has 1 aliphatic heterocycles. The average molecular weight is 562 g/mol. The lowest BCUT2D eigenvalue weighted by molar-refractivity contribution is -0.891. The lowest BCUT2D eigenvalue weighted by Crippen LogP contribution is -2.72. The number of carbonyl (C=O) groups is 4. The van der Waals surface area contributed by atoms with Crippen LogP contribution in [0.1, 0.15) is 71.7 Å². The van der Waals surface area contributed by atoms with Crippen LogP contribution < -0.4 is 5.73 Å². The van der Waals surface area contributed by atoms with E-state index >= 15 is 0 Å². The summed E-state index contributed by atoms with van der Waals surface area (Å²) in [6, 6.07) is 13.5. The number of hydrogen-bond acceptors (Lipinski definition) is 6. The Balaban J connectivity index is 1.58. The number of nitrogens with two attached hydrogens (primary N) is 1. The highest BCUT2D eigenvalue weighted by molar-refractivity contribution is 7.91. The average Bonchev–Trinajstić information content (AvgIpc) is 2.89. The molecule has 204 valence electrons. The first-order valence-electron chi connectivity index (χ1n) is 12.8. The number of esters is 1. The second-order valence-electron chi connectivity index (χ2n) is 9.43. The van der Waals surface area contributed by atoms with E-state index in [1.807, 2.05) is 0 Å².